The van der Waals surface area contributed by atoms with Crippen molar-refractivity contribution in [1.29, 1.82) is 5.26 Å². The molecule has 2 aromatic rings. The van der Waals surface area contributed by atoms with Gasteiger partial charge in [0.2, 0.25) is 0 Å². The summed E-state index contributed by atoms with van der Waals surface area (Å²) in [7, 11) is 0. The van der Waals surface area contributed by atoms with E-state index in [2.05, 4.69) is 36.8 Å². The van der Waals surface area contributed by atoms with E-state index in [-0.39, 0.29) is 5.82 Å². The number of hydrogen-bond acceptors (Lipinski definition) is 4. The lowest BCUT2D eigenvalue weighted by Crippen LogP contribution is -2.47. The van der Waals surface area contributed by atoms with Gasteiger partial charge in [-0.2, -0.15) is 5.26 Å². The van der Waals surface area contributed by atoms with Crippen molar-refractivity contribution in [3.8, 4) is 6.07 Å². The van der Waals surface area contributed by atoms with E-state index < -0.39 is 0 Å². The lowest BCUT2D eigenvalue weighted by Gasteiger charge is -2.37. The number of nitriles is 1. The monoisotopic (exact) mass is 360 g/mol. The Bertz CT molecular complexity index is 703. The topological polar surface area (TPSA) is 43.2 Å². The van der Waals surface area contributed by atoms with E-state index in [9.17, 15) is 9.65 Å². The summed E-state index contributed by atoms with van der Waals surface area (Å²) in [6.07, 6.45) is 1.71. The van der Waals surface area contributed by atoms with Gasteiger partial charge in [-0.1, -0.05) is 0 Å². The smallest absolute Gasteiger partial charge is 0.146 e. The molecule has 0 radical (unpaired) electrons. The van der Waals surface area contributed by atoms with Gasteiger partial charge in [0.15, 0.2) is 0 Å². The number of piperazine rings is 1. The van der Waals surface area contributed by atoms with Gasteiger partial charge in [0.25, 0.3) is 0 Å². The molecule has 1 aliphatic heterocycles. The Labute approximate surface area is 136 Å². The SMILES string of the molecule is N#Cc1cc(Br)cnc1N1CCN(c2ccc(F)cc2)CC1. The Morgan fingerprint density at radius 1 is 1.09 bits per heavy atom. The molecule has 4 nitrogen and oxygen atoms in total. The van der Waals surface area contributed by atoms with Gasteiger partial charge < -0.3 is 9.80 Å². The van der Waals surface area contributed by atoms with E-state index in [0.717, 1.165) is 42.2 Å². The van der Waals surface area contributed by atoms with Gasteiger partial charge >= 0.3 is 0 Å². The first-order chi connectivity index (χ1) is 10.7. The van der Waals surface area contributed by atoms with Crippen LogP contribution in [0.5, 0.6) is 0 Å². The van der Waals surface area contributed by atoms with Crippen molar-refractivity contribution < 1.29 is 4.39 Å². The fourth-order valence-electron chi connectivity index (χ4n) is 2.59. The predicted octanol–water partition coefficient (Wildman–Crippen LogP) is 3.18. The Morgan fingerprint density at radius 3 is 2.36 bits per heavy atom. The Hall–Kier alpha value is -2.13. The zero-order valence-electron chi connectivity index (χ0n) is 11.8. The highest BCUT2D eigenvalue weighted by molar-refractivity contribution is 9.10. The van der Waals surface area contributed by atoms with E-state index in [1.807, 2.05) is 0 Å². The van der Waals surface area contributed by atoms with Crippen LogP contribution in [-0.4, -0.2) is 31.2 Å². The third-order valence-corrected chi connectivity index (χ3v) is 4.16. The third-order valence-electron chi connectivity index (χ3n) is 3.72. The molecule has 0 spiro atoms. The first-order valence-electron chi connectivity index (χ1n) is 6.98. The van der Waals surface area contributed by atoms with Gasteiger partial charge in [0, 0.05) is 42.5 Å². The number of anilines is 2. The molecule has 2 heterocycles. The summed E-state index contributed by atoms with van der Waals surface area (Å²) in [6, 6.07) is 10.5. The molecule has 1 aromatic carbocycles. The maximum atomic E-state index is 13.0. The van der Waals surface area contributed by atoms with E-state index in [1.54, 1.807) is 24.4 Å². The summed E-state index contributed by atoms with van der Waals surface area (Å²) < 4.78 is 13.8. The molecular weight excluding hydrogens is 347 g/mol. The summed E-state index contributed by atoms with van der Waals surface area (Å²) >= 11 is 3.34. The summed E-state index contributed by atoms with van der Waals surface area (Å²) in [5.41, 5.74) is 1.59. The zero-order chi connectivity index (χ0) is 15.5. The second kappa shape index (κ2) is 6.32. The van der Waals surface area contributed by atoms with Gasteiger partial charge in [-0.3, -0.25) is 0 Å². The quantitative estimate of drug-likeness (QED) is 0.824. The van der Waals surface area contributed by atoms with E-state index >= 15 is 0 Å². The molecule has 0 amide bonds. The van der Waals surface area contributed by atoms with Crippen LogP contribution in [0.4, 0.5) is 15.9 Å². The van der Waals surface area contributed by atoms with E-state index in [1.165, 1.54) is 12.1 Å². The van der Waals surface area contributed by atoms with Crippen LogP contribution in [0.3, 0.4) is 0 Å². The summed E-state index contributed by atoms with van der Waals surface area (Å²) in [6.45, 7) is 3.18. The van der Waals surface area contributed by atoms with Crippen molar-refractivity contribution in [3.63, 3.8) is 0 Å². The molecule has 0 saturated carbocycles. The maximum Gasteiger partial charge on any atom is 0.146 e. The second-order valence-corrected chi connectivity index (χ2v) is 6.00. The fourth-order valence-corrected chi connectivity index (χ4v) is 2.93. The summed E-state index contributed by atoms with van der Waals surface area (Å²) in [5, 5.41) is 9.25. The Balaban J connectivity index is 1.72. The van der Waals surface area contributed by atoms with Crippen molar-refractivity contribution >= 4 is 27.4 Å². The fraction of sp³-hybridized carbons (Fsp3) is 0.250. The average Bonchev–Trinajstić information content (AvgIpc) is 2.56. The number of aromatic nitrogens is 1. The second-order valence-electron chi connectivity index (χ2n) is 5.09. The summed E-state index contributed by atoms with van der Waals surface area (Å²) in [4.78, 5) is 8.70. The minimum atomic E-state index is -0.222. The van der Waals surface area contributed by atoms with Gasteiger partial charge in [-0.25, -0.2) is 9.37 Å². The standard InChI is InChI=1S/C16H14BrFN4/c17-13-9-12(10-19)16(20-11-13)22-7-5-21(6-8-22)15-3-1-14(18)2-4-15/h1-4,9,11H,5-8H2. The molecule has 3 rings (SSSR count). The number of hydrogen-bond donors (Lipinski definition) is 0. The van der Waals surface area contributed by atoms with E-state index in [4.69, 9.17) is 0 Å². The van der Waals surface area contributed by atoms with Crippen LogP contribution in [0, 0.1) is 17.1 Å². The van der Waals surface area contributed by atoms with Crippen molar-refractivity contribution in [2.24, 2.45) is 0 Å². The predicted molar refractivity (Wildman–Crippen MR) is 87.5 cm³/mol. The number of nitrogens with zero attached hydrogens (tertiary/aromatic N) is 4. The highest BCUT2D eigenvalue weighted by atomic mass is 79.9. The van der Waals surface area contributed by atoms with Crippen molar-refractivity contribution in [2.75, 3.05) is 36.0 Å². The normalized spacial score (nSPS) is 14.8. The molecular formula is C16H14BrFN4. The Morgan fingerprint density at radius 2 is 1.73 bits per heavy atom. The van der Waals surface area contributed by atoms with Crippen LogP contribution in [0.2, 0.25) is 0 Å². The highest BCUT2D eigenvalue weighted by Crippen LogP contribution is 2.24. The first-order valence-corrected chi connectivity index (χ1v) is 7.78. The number of pyridine rings is 1. The van der Waals surface area contributed by atoms with Gasteiger partial charge in [0.1, 0.15) is 17.7 Å². The molecule has 1 saturated heterocycles. The minimum absolute atomic E-state index is 0.222. The molecule has 22 heavy (non-hydrogen) atoms. The van der Waals surface area contributed by atoms with Crippen LogP contribution < -0.4 is 9.80 Å². The lowest BCUT2D eigenvalue weighted by molar-refractivity contribution is 0.624. The highest BCUT2D eigenvalue weighted by Gasteiger charge is 2.20. The number of rotatable bonds is 2. The molecule has 1 fully saturated rings. The van der Waals surface area contributed by atoms with Crippen molar-refractivity contribution in [1.82, 2.24) is 4.98 Å². The van der Waals surface area contributed by atoms with Crippen LogP contribution in [0.1, 0.15) is 5.56 Å². The molecule has 0 unspecified atom stereocenters. The largest absolute Gasteiger partial charge is 0.368 e. The van der Waals surface area contributed by atoms with Crippen LogP contribution in [-0.2, 0) is 0 Å². The third kappa shape index (κ3) is 3.04. The number of halogens is 2. The van der Waals surface area contributed by atoms with Crippen LogP contribution >= 0.6 is 15.9 Å². The Kier molecular flexibility index (Phi) is 4.25. The zero-order valence-corrected chi connectivity index (χ0v) is 13.4. The summed E-state index contributed by atoms with van der Waals surface area (Å²) in [5.74, 6) is 0.504. The van der Waals surface area contributed by atoms with Gasteiger partial charge in [0.05, 0.1) is 5.56 Å². The molecule has 1 aromatic heterocycles. The molecule has 0 N–H and O–H groups in total. The number of benzene rings is 1. The van der Waals surface area contributed by atoms with Crippen molar-refractivity contribution in [2.45, 2.75) is 0 Å². The minimum Gasteiger partial charge on any atom is -0.368 e. The van der Waals surface area contributed by atoms with Crippen molar-refractivity contribution in [3.05, 3.63) is 52.4 Å². The molecule has 112 valence electrons. The molecule has 0 bridgehead atoms. The van der Waals surface area contributed by atoms with Crippen LogP contribution in [0.15, 0.2) is 41.0 Å². The molecule has 0 aliphatic carbocycles. The average molecular weight is 361 g/mol. The van der Waals surface area contributed by atoms with E-state index in [0.29, 0.717) is 5.56 Å². The van der Waals surface area contributed by atoms with Crippen LogP contribution in [0.25, 0.3) is 0 Å². The van der Waals surface area contributed by atoms with Gasteiger partial charge in [-0.05, 0) is 46.3 Å². The van der Waals surface area contributed by atoms with Gasteiger partial charge in [-0.15, -0.1) is 0 Å². The molecule has 0 atom stereocenters. The maximum absolute atomic E-state index is 13.0. The lowest BCUT2D eigenvalue weighted by atomic mass is 10.2. The molecule has 1 aliphatic rings. The first kappa shape index (κ1) is 14.8. The molecule has 6 heteroatoms.